The molecule has 0 saturated heterocycles. The van der Waals surface area contributed by atoms with Gasteiger partial charge in [-0.1, -0.05) is 24.6 Å². The molecule has 2 atom stereocenters. The predicted molar refractivity (Wildman–Crippen MR) is 61.0 cm³/mol. The normalized spacial score (nSPS) is 27.9. The van der Waals surface area contributed by atoms with Crippen LogP contribution in [0.15, 0.2) is 9.72 Å². The molecule has 1 aromatic rings. The van der Waals surface area contributed by atoms with Crippen molar-refractivity contribution in [3.63, 3.8) is 0 Å². The van der Waals surface area contributed by atoms with Crippen LogP contribution in [0.25, 0.3) is 0 Å². The first-order valence-corrected chi connectivity index (χ1v) is 6.78. The third-order valence-corrected chi connectivity index (χ3v) is 4.99. The van der Waals surface area contributed by atoms with Crippen LogP contribution in [0, 0.1) is 6.92 Å². The van der Waals surface area contributed by atoms with Gasteiger partial charge in [-0.2, -0.15) is 0 Å². The molecular formula is C10H15NOS2. The summed E-state index contributed by atoms with van der Waals surface area (Å²) in [6.45, 7) is 2.01. The summed E-state index contributed by atoms with van der Waals surface area (Å²) >= 11 is 3.44. The van der Waals surface area contributed by atoms with Crippen molar-refractivity contribution in [2.24, 2.45) is 0 Å². The molecule has 1 saturated carbocycles. The number of thioether (sulfide) groups is 1. The van der Waals surface area contributed by atoms with E-state index < -0.39 is 0 Å². The van der Waals surface area contributed by atoms with Crippen LogP contribution in [-0.2, 0) is 0 Å². The van der Waals surface area contributed by atoms with Gasteiger partial charge in [0.2, 0.25) is 0 Å². The van der Waals surface area contributed by atoms with Gasteiger partial charge in [-0.3, -0.25) is 0 Å². The zero-order valence-electron chi connectivity index (χ0n) is 8.27. The van der Waals surface area contributed by atoms with Crippen LogP contribution in [0.3, 0.4) is 0 Å². The summed E-state index contributed by atoms with van der Waals surface area (Å²) < 4.78 is 1.11. The third kappa shape index (κ3) is 2.49. The van der Waals surface area contributed by atoms with E-state index in [-0.39, 0.29) is 6.10 Å². The molecule has 0 aromatic carbocycles. The van der Waals surface area contributed by atoms with Crippen molar-refractivity contribution in [2.45, 2.75) is 48.3 Å². The van der Waals surface area contributed by atoms with E-state index in [1.165, 1.54) is 12.8 Å². The topological polar surface area (TPSA) is 33.1 Å². The summed E-state index contributed by atoms with van der Waals surface area (Å²) in [6.07, 6.45) is 4.39. The third-order valence-electron chi connectivity index (χ3n) is 2.52. The minimum Gasteiger partial charge on any atom is -0.392 e. The number of hydrogen-bond acceptors (Lipinski definition) is 4. The molecule has 78 valence electrons. The molecule has 1 aromatic heterocycles. The largest absolute Gasteiger partial charge is 0.392 e. The summed E-state index contributed by atoms with van der Waals surface area (Å²) in [5.74, 6) is 0. The molecule has 4 heteroatoms. The molecule has 1 heterocycles. The van der Waals surface area contributed by atoms with Crippen molar-refractivity contribution >= 4 is 23.1 Å². The fourth-order valence-corrected chi connectivity index (χ4v) is 4.02. The van der Waals surface area contributed by atoms with Crippen LogP contribution in [0.2, 0.25) is 0 Å². The van der Waals surface area contributed by atoms with Crippen molar-refractivity contribution in [2.75, 3.05) is 0 Å². The highest BCUT2D eigenvalue weighted by Crippen LogP contribution is 2.35. The van der Waals surface area contributed by atoms with Crippen molar-refractivity contribution in [1.29, 1.82) is 0 Å². The maximum atomic E-state index is 9.79. The molecule has 14 heavy (non-hydrogen) atoms. The predicted octanol–water partition coefficient (Wildman–Crippen LogP) is 2.85. The SMILES string of the molecule is Cc1csc(S[C@@H]2CCCC[C@H]2O)n1. The summed E-state index contributed by atoms with van der Waals surface area (Å²) in [5.41, 5.74) is 1.09. The standard InChI is InChI=1S/C10H15NOS2/c1-7-6-13-10(11-7)14-9-5-3-2-4-8(9)12/h6,8-9,12H,2-5H2,1H3/t8-,9-/m1/s1. The number of hydrogen-bond donors (Lipinski definition) is 1. The van der Waals surface area contributed by atoms with Crippen molar-refractivity contribution in [3.8, 4) is 0 Å². The first-order valence-electron chi connectivity index (χ1n) is 5.02. The molecule has 0 bridgehead atoms. The average Bonchev–Trinajstić information content (AvgIpc) is 2.56. The van der Waals surface area contributed by atoms with Crippen LogP contribution in [0.1, 0.15) is 31.4 Å². The molecular weight excluding hydrogens is 214 g/mol. The molecule has 2 rings (SSSR count). The van der Waals surface area contributed by atoms with Gasteiger partial charge in [0.25, 0.3) is 0 Å². The van der Waals surface area contributed by atoms with E-state index in [1.54, 1.807) is 23.1 Å². The molecule has 0 spiro atoms. The average molecular weight is 229 g/mol. The number of aliphatic hydroxyl groups excluding tert-OH is 1. The lowest BCUT2D eigenvalue weighted by atomic mass is 9.97. The van der Waals surface area contributed by atoms with Gasteiger partial charge >= 0.3 is 0 Å². The van der Waals surface area contributed by atoms with E-state index in [4.69, 9.17) is 0 Å². The Morgan fingerprint density at radius 1 is 1.50 bits per heavy atom. The van der Waals surface area contributed by atoms with Crippen LogP contribution in [0.5, 0.6) is 0 Å². The Balaban J connectivity index is 1.95. The second kappa shape index (κ2) is 4.64. The number of thiazole rings is 1. The van der Waals surface area contributed by atoms with Gasteiger partial charge < -0.3 is 5.11 Å². The van der Waals surface area contributed by atoms with Crippen molar-refractivity contribution in [1.82, 2.24) is 4.98 Å². The maximum Gasteiger partial charge on any atom is 0.150 e. The van der Waals surface area contributed by atoms with Gasteiger partial charge in [0.15, 0.2) is 0 Å². The Morgan fingerprint density at radius 3 is 2.93 bits per heavy atom. The smallest absolute Gasteiger partial charge is 0.150 e. The molecule has 1 N–H and O–H groups in total. The van der Waals surface area contributed by atoms with Gasteiger partial charge in [0.1, 0.15) is 4.34 Å². The van der Waals surface area contributed by atoms with E-state index in [0.717, 1.165) is 22.9 Å². The van der Waals surface area contributed by atoms with Crippen LogP contribution in [0.4, 0.5) is 0 Å². The minimum absolute atomic E-state index is 0.127. The summed E-state index contributed by atoms with van der Waals surface area (Å²) in [5, 5.41) is 12.2. The second-order valence-corrected chi connectivity index (χ2v) is 6.11. The first kappa shape index (κ1) is 10.5. The van der Waals surface area contributed by atoms with Crippen LogP contribution >= 0.6 is 23.1 Å². The van der Waals surface area contributed by atoms with Crippen LogP contribution < -0.4 is 0 Å². The number of aromatic nitrogens is 1. The highest BCUT2D eigenvalue weighted by atomic mass is 32.2. The fourth-order valence-electron chi connectivity index (χ4n) is 1.73. The van der Waals surface area contributed by atoms with Crippen LogP contribution in [-0.4, -0.2) is 21.4 Å². The molecule has 1 aliphatic rings. The number of aliphatic hydroxyl groups is 1. The minimum atomic E-state index is -0.127. The Labute approximate surface area is 92.8 Å². The van der Waals surface area contributed by atoms with E-state index >= 15 is 0 Å². The molecule has 0 aliphatic heterocycles. The van der Waals surface area contributed by atoms with E-state index in [9.17, 15) is 5.11 Å². The van der Waals surface area contributed by atoms with E-state index in [0.29, 0.717) is 5.25 Å². The monoisotopic (exact) mass is 229 g/mol. The molecule has 0 radical (unpaired) electrons. The maximum absolute atomic E-state index is 9.79. The second-order valence-electron chi connectivity index (χ2n) is 3.76. The molecule has 2 nitrogen and oxygen atoms in total. The molecule has 0 unspecified atom stereocenters. The van der Waals surface area contributed by atoms with Gasteiger partial charge in [0, 0.05) is 16.3 Å². The molecule has 1 fully saturated rings. The first-order chi connectivity index (χ1) is 6.75. The number of nitrogens with zero attached hydrogens (tertiary/aromatic N) is 1. The van der Waals surface area contributed by atoms with Gasteiger partial charge in [0.05, 0.1) is 6.10 Å². The Morgan fingerprint density at radius 2 is 2.29 bits per heavy atom. The molecule has 1 aliphatic carbocycles. The zero-order valence-corrected chi connectivity index (χ0v) is 9.90. The lowest BCUT2D eigenvalue weighted by Gasteiger charge is -2.25. The lowest BCUT2D eigenvalue weighted by molar-refractivity contribution is 0.137. The highest BCUT2D eigenvalue weighted by Gasteiger charge is 2.24. The van der Waals surface area contributed by atoms with E-state index in [2.05, 4.69) is 10.4 Å². The summed E-state index contributed by atoms with van der Waals surface area (Å²) in [6, 6.07) is 0. The van der Waals surface area contributed by atoms with E-state index in [1.807, 2.05) is 6.92 Å². The molecule has 0 amide bonds. The Hall–Kier alpha value is -0.0600. The fraction of sp³-hybridized carbons (Fsp3) is 0.700. The van der Waals surface area contributed by atoms with Gasteiger partial charge in [-0.05, 0) is 19.8 Å². The zero-order chi connectivity index (χ0) is 9.97. The van der Waals surface area contributed by atoms with Gasteiger partial charge in [-0.15, -0.1) is 11.3 Å². The summed E-state index contributed by atoms with van der Waals surface area (Å²) in [7, 11) is 0. The Bertz CT molecular complexity index is 300. The number of aryl methyl sites for hydroxylation is 1. The Kier molecular flexibility index (Phi) is 3.47. The number of rotatable bonds is 2. The summed E-state index contributed by atoms with van der Waals surface area (Å²) in [4.78, 5) is 4.41. The van der Waals surface area contributed by atoms with Gasteiger partial charge in [-0.25, -0.2) is 4.98 Å². The van der Waals surface area contributed by atoms with Crippen molar-refractivity contribution < 1.29 is 5.11 Å². The lowest BCUT2D eigenvalue weighted by Crippen LogP contribution is -2.26. The quantitative estimate of drug-likeness (QED) is 0.846. The highest BCUT2D eigenvalue weighted by molar-refractivity contribution is 8.01. The van der Waals surface area contributed by atoms with Crippen molar-refractivity contribution in [3.05, 3.63) is 11.1 Å².